The van der Waals surface area contributed by atoms with E-state index in [0.29, 0.717) is 12.6 Å². The number of ether oxygens (including phenoxy) is 1. The quantitative estimate of drug-likeness (QED) is 0.861. The van der Waals surface area contributed by atoms with Gasteiger partial charge in [-0.1, -0.05) is 17.7 Å². The van der Waals surface area contributed by atoms with Crippen LogP contribution in [0.4, 0.5) is 0 Å². The lowest BCUT2D eigenvalue weighted by Gasteiger charge is -2.32. The maximum Gasteiger partial charge on any atom is 0.257 e. The van der Waals surface area contributed by atoms with E-state index in [9.17, 15) is 4.79 Å². The van der Waals surface area contributed by atoms with Crippen molar-refractivity contribution in [1.29, 1.82) is 0 Å². The molecule has 1 atom stereocenters. The molecule has 1 unspecified atom stereocenters. The molecule has 1 N–H and O–H groups in total. The number of hydrogen-bond acceptors (Lipinski definition) is 4. The third-order valence-corrected chi connectivity index (χ3v) is 5.77. The smallest absolute Gasteiger partial charge is 0.257 e. The highest BCUT2D eigenvalue weighted by Crippen LogP contribution is 2.25. The SMILES string of the molecule is Cc1ccc(OCC(=O)NCC(C)N2CCc3sccc3C2)c(C)c1. The van der Waals surface area contributed by atoms with Crippen molar-refractivity contribution in [3.63, 3.8) is 0 Å². The second-order valence-corrected chi connectivity index (χ2v) is 7.80. The van der Waals surface area contributed by atoms with Crippen molar-refractivity contribution in [2.75, 3.05) is 19.7 Å². The second kappa shape index (κ2) is 8.02. The minimum atomic E-state index is -0.0694. The molecular formula is C20H26N2O2S. The number of thiophene rings is 1. The van der Waals surface area contributed by atoms with Crippen LogP contribution < -0.4 is 10.1 Å². The lowest BCUT2D eigenvalue weighted by atomic mass is 10.1. The van der Waals surface area contributed by atoms with Gasteiger partial charge in [-0.15, -0.1) is 11.3 Å². The molecule has 1 aromatic heterocycles. The van der Waals surface area contributed by atoms with Crippen molar-refractivity contribution in [1.82, 2.24) is 10.2 Å². The van der Waals surface area contributed by atoms with Gasteiger partial charge in [0.05, 0.1) is 0 Å². The fourth-order valence-corrected chi connectivity index (χ4v) is 4.08. The normalized spacial score (nSPS) is 15.5. The van der Waals surface area contributed by atoms with Crippen LogP contribution in [0, 0.1) is 13.8 Å². The molecule has 0 aliphatic carbocycles. The number of carbonyl (C=O) groups is 1. The fraction of sp³-hybridized carbons (Fsp3) is 0.450. The summed E-state index contributed by atoms with van der Waals surface area (Å²) in [6.07, 6.45) is 1.11. The lowest BCUT2D eigenvalue weighted by molar-refractivity contribution is -0.123. The van der Waals surface area contributed by atoms with Crippen LogP contribution in [0.25, 0.3) is 0 Å². The Labute approximate surface area is 153 Å². The Hall–Kier alpha value is -1.85. The van der Waals surface area contributed by atoms with E-state index >= 15 is 0 Å². The predicted molar refractivity (Wildman–Crippen MR) is 102 cm³/mol. The van der Waals surface area contributed by atoms with Gasteiger partial charge in [0.25, 0.3) is 5.91 Å². The van der Waals surface area contributed by atoms with Crippen molar-refractivity contribution >= 4 is 17.2 Å². The van der Waals surface area contributed by atoms with E-state index in [1.165, 1.54) is 16.0 Å². The molecule has 134 valence electrons. The Morgan fingerprint density at radius 1 is 1.36 bits per heavy atom. The molecule has 4 nitrogen and oxygen atoms in total. The second-order valence-electron chi connectivity index (χ2n) is 6.80. The van der Waals surface area contributed by atoms with Gasteiger partial charge in [-0.2, -0.15) is 0 Å². The average Bonchev–Trinajstić information content (AvgIpc) is 3.06. The van der Waals surface area contributed by atoms with Gasteiger partial charge in [0.2, 0.25) is 0 Å². The van der Waals surface area contributed by atoms with Gasteiger partial charge < -0.3 is 10.1 Å². The zero-order chi connectivity index (χ0) is 17.8. The molecule has 0 fully saturated rings. The first kappa shape index (κ1) is 18.0. The van der Waals surface area contributed by atoms with E-state index in [4.69, 9.17) is 4.74 Å². The summed E-state index contributed by atoms with van der Waals surface area (Å²) in [7, 11) is 0. The third kappa shape index (κ3) is 4.61. The number of hydrogen-bond donors (Lipinski definition) is 1. The summed E-state index contributed by atoms with van der Waals surface area (Å²) in [5.74, 6) is 0.704. The molecule has 2 aromatic rings. The van der Waals surface area contributed by atoms with Crippen LogP contribution in [0.2, 0.25) is 0 Å². The first-order valence-electron chi connectivity index (χ1n) is 8.79. The summed E-state index contributed by atoms with van der Waals surface area (Å²) in [6.45, 7) is 8.96. The predicted octanol–water partition coefficient (Wildman–Crippen LogP) is 3.31. The fourth-order valence-electron chi connectivity index (χ4n) is 3.19. The molecular weight excluding hydrogens is 332 g/mol. The van der Waals surface area contributed by atoms with Crippen molar-refractivity contribution in [2.45, 2.75) is 39.8 Å². The van der Waals surface area contributed by atoms with E-state index in [2.05, 4.69) is 34.7 Å². The monoisotopic (exact) mass is 358 g/mol. The largest absolute Gasteiger partial charge is 0.484 e. The molecule has 25 heavy (non-hydrogen) atoms. The van der Waals surface area contributed by atoms with Crippen LogP contribution >= 0.6 is 11.3 Å². The lowest BCUT2D eigenvalue weighted by Crippen LogP contribution is -2.45. The molecule has 5 heteroatoms. The highest BCUT2D eigenvalue weighted by atomic mass is 32.1. The zero-order valence-corrected chi connectivity index (χ0v) is 16.0. The van der Waals surface area contributed by atoms with Crippen LogP contribution in [0.3, 0.4) is 0 Å². The summed E-state index contributed by atoms with van der Waals surface area (Å²) in [6, 6.07) is 8.52. The molecule has 1 aliphatic heterocycles. The van der Waals surface area contributed by atoms with Gasteiger partial charge in [0, 0.05) is 30.6 Å². The van der Waals surface area contributed by atoms with Crippen molar-refractivity contribution in [2.24, 2.45) is 0 Å². The first-order chi connectivity index (χ1) is 12.0. The molecule has 0 radical (unpaired) electrons. The highest BCUT2D eigenvalue weighted by molar-refractivity contribution is 7.10. The number of nitrogens with one attached hydrogen (secondary N) is 1. The van der Waals surface area contributed by atoms with E-state index in [0.717, 1.165) is 30.8 Å². The Balaban J connectivity index is 1.43. The minimum absolute atomic E-state index is 0.0608. The molecule has 3 rings (SSSR count). The number of nitrogens with zero attached hydrogens (tertiary/aromatic N) is 1. The van der Waals surface area contributed by atoms with E-state index in [1.54, 1.807) is 0 Å². The van der Waals surface area contributed by atoms with Crippen molar-refractivity contribution in [3.8, 4) is 5.75 Å². The van der Waals surface area contributed by atoms with Crippen molar-refractivity contribution in [3.05, 3.63) is 51.2 Å². The maximum absolute atomic E-state index is 12.1. The summed E-state index contributed by atoms with van der Waals surface area (Å²) in [4.78, 5) is 16.0. The summed E-state index contributed by atoms with van der Waals surface area (Å²) in [5.41, 5.74) is 3.69. The van der Waals surface area contributed by atoms with E-state index < -0.39 is 0 Å². The summed E-state index contributed by atoms with van der Waals surface area (Å²) >= 11 is 1.85. The van der Waals surface area contributed by atoms with Gasteiger partial charge >= 0.3 is 0 Å². The summed E-state index contributed by atoms with van der Waals surface area (Å²) in [5, 5.41) is 5.17. The number of amides is 1. The van der Waals surface area contributed by atoms with Gasteiger partial charge in [-0.25, -0.2) is 0 Å². The molecule has 0 saturated heterocycles. The molecule has 0 spiro atoms. The maximum atomic E-state index is 12.1. The van der Waals surface area contributed by atoms with Crippen LogP contribution in [-0.4, -0.2) is 36.5 Å². The van der Waals surface area contributed by atoms with Crippen LogP contribution in [0.1, 0.15) is 28.5 Å². The third-order valence-electron chi connectivity index (χ3n) is 4.74. The van der Waals surface area contributed by atoms with Crippen LogP contribution in [0.5, 0.6) is 5.75 Å². The van der Waals surface area contributed by atoms with E-state index in [1.807, 2.05) is 37.3 Å². The summed E-state index contributed by atoms with van der Waals surface area (Å²) < 4.78 is 5.64. The molecule has 0 saturated carbocycles. The highest BCUT2D eigenvalue weighted by Gasteiger charge is 2.21. The molecule has 2 heterocycles. The van der Waals surface area contributed by atoms with Crippen LogP contribution in [0.15, 0.2) is 29.6 Å². The number of fused-ring (bicyclic) bond motifs is 1. The molecule has 1 amide bonds. The Kier molecular flexibility index (Phi) is 5.76. The van der Waals surface area contributed by atoms with Gasteiger partial charge in [-0.3, -0.25) is 9.69 Å². The minimum Gasteiger partial charge on any atom is -0.484 e. The number of benzene rings is 1. The topological polar surface area (TPSA) is 41.6 Å². The van der Waals surface area contributed by atoms with Gasteiger partial charge in [0.15, 0.2) is 6.61 Å². The standard InChI is InChI=1S/C20H26N2O2S/c1-14-4-5-18(15(2)10-14)24-13-20(23)21-11-16(3)22-8-6-19-17(12-22)7-9-25-19/h4-5,7,9-10,16H,6,8,11-13H2,1-3H3,(H,21,23). The zero-order valence-electron chi connectivity index (χ0n) is 15.2. The van der Waals surface area contributed by atoms with Crippen molar-refractivity contribution < 1.29 is 9.53 Å². The number of rotatable bonds is 6. The van der Waals surface area contributed by atoms with Gasteiger partial charge in [-0.05, 0) is 55.8 Å². The average molecular weight is 359 g/mol. The molecule has 1 aromatic carbocycles. The molecule has 0 bridgehead atoms. The Morgan fingerprint density at radius 2 is 2.20 bits per heavy atom. The van der Waals surface area contributed by atoms with Gasteiger partial charge in [0.1, 0.15) is 5.75 Å². The molecule has 1 aliphatic rings. The van der Waals surface area contributed by atoms with E-state index in [-0.39, 0.29) is 12.5 Å². The Morgan fingerprint density at radius 3 is 3.00 bits per heavy atom. The number of carbonyl (C=O) groups excluding carboxylic acids is 1. The van der Waals surface area contributed by atoms with Crippen LogP contribution in [-0.2, 0) is 17.8 Å². The number of aryl methyl sites for hydroxylation is 2. The Bertz CT molecular complexity index is 741. The first-order valence-corrected chi connectivity index (χ1v) is 9.67.